The molecule has 0 bridgehead atoms. The van der Waals surface area contributed by atoms with Gasteiger partial charge in [-0.3, -0.25) is 0 Å². The van der Waals surface area contributed by atoms with E-state index in [1.165, 1.54) is 38.5 Å². The largest absolute Gasteiger partial charge is 0.0853 e. The highest BCUT2D eigenvalue weighted by Gasteiger charge is 2.46. The van der Waals surface area contributed by atoms with Crippen LogP contribution in [0.15, 0.2) is 11.6 Å². The van der Waals surface area contributed by atoms with Crippen molar-refractivity contribution in [3.05, 3.63) is 11.6 Å². The van der Waals surface area contributed by atoms with Crippen molar-refractivity contribution in [1.82, 2.24) is 0 Å². The summed E-state index contributed by atoms with van der Waals surface area (Å²) in [6, 6.07) is 0. The Kier molecular flexibility index (Phi) is 4.27. The predicted octanol–water partition coefficient (Wildman–Crippen LogP) is 6.47. The van der Waals surface area contributed by atoms with Crippen LogP contribution in [-0.2, 0) is 0 Å². The van der Waals surface area contributed by atoms with Crippen LogP contribution in [0.2, 0.25) is 0 Å². The van der Waals surface area contributed by atoms with Crippen molar-refractivity contribution in [2.75, 3.05) is 0 Å². The second-order valence-electron chi connectivity index (χ2n) is 9.53. The zero-order valence-electron chi connectivity index (χ0n) is 15.0. The highest BCUT2D eigenvalue weighted by molar-refractivity contribution is 5.10. The Bertz CT molecular complexity index is 400. The maximum Gasteiger partial charge on any atom is -0.0292 e. The molecule has 0 aliphatic heterocycles. The standard InChI is InChI=1S/C21H36/c1-14(2)20-9-7-16-13-17-12-15(3)6-8-18(17)19(16)10-11-21(20,4)5/h6,14,16-20H,7-13H2,1-5H3. The summed E-state index contributed by atoms with van der Waals surface area (Å²) in [7, 11) is 0. The molecule has 0 aromatic carbocycles. The molecule has 0 radical (unpaired) electrons. The van der Waals surface area contributed by atoms with Gasteiger partial charge in [0.25, 0.3) is 0 Å². The zero-order valence-corrected chi connectivity index (χ0v) is 15.0. The fourth-order valence-corrected chi connectivity index (χ4v) is 6.40. The van der Waals surface area contributed by atoms with Gasteiger partial charge in [0, 0.05) is 0 Å². The van der Waals surface area contributed by atoms with Gasteiger partial charge in [-0.25, -0.2) is 0 Å². The monoisotopic (exact) mass is 288 g/mol. The second-order valence-corrected chi connectivity index (χ2v) is 9.53. The molecule has 120 valence electrons. The lowest BCUT2D eigenvalue weighted by atomic mass is 9.63. The van der Waals surface area contributed by atoms with E-state index in [1.54, 1.807) is 12.0 Å². The van der Waals surface area contributed by atoms with Crippen molar-refractivity contribution in [1.29, 1.82) is 0 Å². The number of hydrogen-bond acceptors (Lipinski definition) is 0. The number of fused-ring (bicyclic) bond motifs is 3. The van der Waals surface area contributed by atoms with Gasteiger partial charge in [-0.1, -0.05) is 39.3 Å². The molecule has 0 heterocycles. The Labute approximate surface area is 132 Å². The van der Waals surface area contributed by atoms with Gasteiger partial charge in [-0.05, 0) is 92.8 Å². The SMILES string of the molecule is CC1=CCC2C(C1)CC1CCC(C(C)C)C(C)(C)CCC12. The van der Waals surface area contributed by atoms with Crippen LogP contribution < -0.4 is 0 Å². The van der Waals surface area contributed by atoms with Crippen LogP contribution in [0.5, 0.6) is 0 Å². The van der Waals surface area contributed by atoms with Gasteiger partial charge >= 0.3 is 0 Å². The molecule has 5 atom stereocenters. The molecule has 0 amide bonds. The molecule has 5 unspecified atom stereocenters. The highest BCUT2D eigenvalue weighted by Crippen LogP contribution is 2.55. The summed E-state index contributed by atoms with van der Waals surface area (Å²) in [6.45, 7) is 12.4. The molecule has 0 heteroatoms. The van der Waals surface area contributed by atoms with E-state index in [1.807, 2.05) is 0 Å². The molecule has 0 N–H and O–H groups in total. The summed E-state index contributed by atoms with van der Waals surface area (Å²) < 4.78 is 0. The van der Waals surface area contributed by atoms with Crippen LogP contribution in [0.4, 0.5) is 0 Å². The lowest BCUT2D eigenvalue weighted by Gasteiger charge is -2.42. The normalized spacial score (nSPS) is 42.8. The highest BCUT2D eigenvalue weighted by atomic mass is 14.5. The summed E-state index contributed by atoms with van der Waals surface area (Å²) in [5.74, 6) is 5.95. The molecule has 0 nitrogen and oxygen atoms in total. The maximum absolute atomic E-state index is 2.56. The summed E-state index contributed by atoms with van der Waals surface area (Å²) in [6.07, 6.45) is 12.9. The third-order valence-electron chi connectivity index (χ3n) is 7.47. The summed E-state index contributed by atoms with van der Waals surface area (Å²) in [4.78, 5) is 0. The van der Waals surface area contributed by atoms with Gasteiger partial charge in [0.2, 0.25) is 0 Å². The van der Waals surface area contributed by atoms with E-state index in [-0.39, 0.29) is 0 Å². The quantitative estimate of drug-likeness (QED) is 0.485. The summed E-state index contributed by atoms with van der Waals surface area (Å²) in [5.41, 5.74) is 2.23. The van der Waals surface area contributed by atoms with Crippen molar-refractivity contribution in [2.24, 2.45) is 40.9 Å². The minimum Gasteiger partial charge on any atom is -0.0853 e. The Morgan fingerprint density at radius 2 is 1.81 bits per heavy atom. The topological polar surface area (TPSA) is 0 Å². The minimum absolute atomic E-state index is 0.553. The third kappa shape index (κ3) is 2.97. The lowest BCUT2D eigenvalue weighted by molar-refractivity contribution is 0.0799. The Morgan fingerprint density at radius 3 is 2.52 bits per heavy atom. The van der Waals surface area contributed by atoms with Gasteiger partial charge in [0.15, 0.2) is 0 Å². The molecule has 2 saturated carbocycles. The van der Waals surface area contributed by atoms with Crippen LogP contribution in [0.1, 0.15) is 79.6 Å². The first-order chi connectivity index (χ1) is 9.88. The second kappa shape index (κ2) is 5.74. The molecule has 2 fully saturated rings. The minimum atomic E-state index is 0.553. The Balaban J connectivity index is 1.75. The van der Waals surface area contributed by atoms with E-state index in [0.29, 0.717) is 5.41 Å². The molecule has 0 aromatic rings. The predicted molar refractivity (Wildman–Crippen MR) is 92.1 cm³/mol. The first-order valence-corrected chi connectivity index (χ1v) is 9.54. The Hall–Kier alpha value is -0.260. The van der Waals surface area contributed by atoms with Crippen LogP contribution in [-0.4, -0.2) is 0 Å². The van der Waals surface area contributed by atoms with Gasteiger partial charge in [-0.2, -0.15) is 0 Å². The van der Waals surface area contributed by atoms with Crippen molar-refractivity contribution in [3.8, 4) is 0 Å². The fraction of sp³-hybridized carbons (Fsp3) is 0.905. The van der Waals surface area contributed by atoms with E-state index in [2.05, 4.69) is 40.7 Å². The maximum atomic E-state index is 2.56. The summed E-state index contributed by atoms with van der Waals surface area (Å²) in [5, 5.41) is 0. The molecule has 3 aliphatic rings. The van der Waals surface area contributed by atoms with E-state index in [4.69, 9.17) is 0 Å². The molecule has 3 aliphatic carbocycles. The average molecular weight is 289 g/mol. The van der Waals surface area contributed by atoms with Crippen LogP contribution in [0.3, 0.4) is 0 Å². The number of rotatable bonds is 1. The first-order valence-electron chi connectivity index (χ1n) is 9.54. The van der Waals surface area contributed by atoms with Gasteiger partial charge in [0.1, 0.15) is 0 Å². The van der Waals surface area contributed by atoms with Crippen molar-refractivity contribution in [3.63, 3.8) is 0 Å². The molecular weight excluding hydrogens is 252 g/mol. The van der Waals surface area contributed by atoms with Gasteiger partial charge in [-0.15, -0.1) is 0 Å². The summed E-state index contributed by atoms with van der Waals surface area (Å²) >= 11 is 0. The van der Waals surface area contributed by atoms with Crippen LogP contribution in [0.25, 0.3) is 0 Å². The molecule has 3 rings (SSSR count). The molecule has 0 aromatic heterocycles. The van der Waals surface area contributed by atoms with E-state index in [9.17, 15) is 0 Å². The zero-order chi connectivity index (χ0) is 15.2. The van der Waals surface area contributed by atoms with Gasteiger partial charge in [0.05, 0.1) is 0 Å². The average Bonchev–Trinajstić information content (AvgIpc) is 2.70. The van der Waals surface area contributed by atoms with Crippen LogP contribution in [0, 0.1) is 40.9 Å². The number of hydrogen-bond donors (Lipinski definition) is 0. The smallest absolute Gasteiger partial charge is 0.0292 e. The van der Waals surface area contributed by atoms with Crippen LogP contribution >= 0.6 is 0 Å². The Morgan fingerprint density at radius 1 is 1.05 bits per heavy atom. The molecule has 0 spiro atoms. The lowest BCUT2D eigenvalue weighted by Crippen LogP contribution is -2.33. The van der Waals surface area contributed by atoms with E-state index in [0.717, 1.165) is 35.5 Å². The molecular formula is C21H36. The fourth-order valence-electron chi connectivity index (χ4n) is 6.40. The van der Waals surface area contributed by atoms with Gasteiger partial charge < -0.3 is 0 Å². The van der Waals surface area contributed by atoms with E-state index < -0.39 is 0 Å². The molecule has 0 saturated heterocycles. The van der Waals surface area contributed by atoms with E-state index >= 15 is 0 Å². The van der Waals surface area contributed by atoms with Crippen molar-refractivity contribution >= 4 is 0 Å². The third-order valence-corrected chi connectivity index (χ3v) is 7.47. The van der Waals surface area contributed by atoms with Crippen molar-refractivity contribution < 1.29 is 0 Å². The number of allylic oxidation sites excluding steroid dienone is 2. The molecule has 21 heavy (non-hydrogen) atoms. The first kappa shape index (κ1) is 15.6. The van der Waals surface area contributed by atoms with Crippen molar-refractivity contribution in [2.45, 2.75) is 79.6 Å².